The molecule has 92 valence electrons. The predicted molar refractivity (Wildman–Crippen MR) is 68.7 cm³/mol. The summed E-state index contributed by atoms with van der Waals surface area (Å²) >= 11 is 12.0. The Bertz CT molecular complexity index is 117. The van der Waals surface area contributed by atoms with Crippen LogP contribution < -0.4 is 0 Å². The van der Waals surface area contributed by atoms with E-state index in [1.165, 1.54) is 25.7 Å². The summed E-state index contributed by atoms with van der Waals surface area (Å²) in [7, 11) is 0. The molecule has 1 nitrogen and oxygen atoms in total. The van der Waals surface area contributed by atoms with Crippen LogP contribution in [0.25, 0.3) is 0 Å². The van der Waals surface area contributed by atoms with Crippen molar-refractivity contribution in [2.45, 2.75) is 76.3 Å². The minimum atomic E-state index is -0.208. The summed E-state index contributed by atoms with van der Waals surface area (Å²) in [6.45, 7) is 4.36. The van der Waals surface area contributed by atoms with Crippen LogP contribution in [-0.4, -0.2) is 11.1 Å². The summed E-state index contributed by atoms with van der Waals surface area (Å²) in [5, 5.41) is 0. The smallest absolute Gasteiger partial charge is 0.133 e. The minimum absolute atomic E-state index is 0.208. The molecular weight excluding hydrogens is 231 g/mol. The van der Waals surface area contributed by atoms with Gasteiger partial charge in [-0.25, -0.2) is 0 Å². The van der Waals surface area contributed by atoms with E-state index in [4.69, 9.17) is 27.9 Å². The van der Waals surface area contributed by atoms with Crippen LogP contribution in [0.4, 0.5) is 0 Å². The molecule has 0 spiro atoms. The SMILES string of the molecule is CCCCCC(Cl)OC(Cl)CCCCC. The molecule has 3 heteroatoms. The van der Waals surface area contributed by atoms with Gasteiger partial charge in [-0.3, -0.25) is 0 Å². The van der Waals surface area contributed by atoms with Gasteiger partial charge in [-0.15, -0.1) is 0 Å². The molecule has 0 heterocycles. The average molecular weight is 255 g/mol. The van der Waals surface area contributed by atoms with E-state index < -0.39 is 0 Å². The van der Waals surface area contributed by atoms with Gasteiger partial charge in [0, 0.05) is 0 Å². The molecule has 2 unspecified atom stereocenters. The van der Waals surface area contributed by atoms with E-state index in [1.54, 1.807) is 0 Å². The third-order valence-corrected chi connectivity index (χ3v) is 3.01. The summed E-state index contributed by atoms with van der Waals surface area (Å²) in [6.07, 6.45) is 8.94. The van der Waals surface area contributed by atoms with Crippen LogP contribution in [0.5, 0.6) is 0 Å². The van der Waals surface area contributed by atoms with Crippen LogP contribution in [0.15, 0.2) is 0 Å². The first-order chi connectivity index (χ1) is 7.20. The lowest BCUT2D eigenvalue weighted by Gasteiger charge is -2.15. The number of unbranched alkanes of at least 4 members (excludes halogenated alkanes) is 4. The van der Waals surface area contributed by atoms with Gasteiger partial charge in [0.25, 0.3) is 0 Å². The highest BCUT2D eigenvalue weighted by molar-refractivity contribution is 6.21. The van der Waals surface area contributed by atoms with Gasteiger partial charge in [-0.1, -0.05) is 62.7 Å². The zero-order valence-electron chi connectivity index (χ0n) is 9.98. The molecule has 0 aliphatic rings. The third-order valence-electron chi connectivity index (χ3n) is 2.36. The number of hydrogen-bond donors (Lipinski definition) is 0. The predicted octanol–water partition coefficient (Wildman–Crippen LogP) is 5.29. The lowest BCUT2D eigenvalue weighted by molar-refractivity contribution is 0.0692. The molecule has 2 atom stereocenters. The fraction of sp³-hybridized carbons (Fsp3) is 1.00. The van der Waals surface area contributed by atoms with Crippen LogP contribution in [0.3, 0.4) is 0 Å². The van der Waals surface area contributed by atoms with Crippen molar-refractivity contribution in [1.29, 1.82) is 0 Å². The van der Waals surface area contributed by atoms with Gasteiger partial charge in [-0.2, -0.15) is 0 Å². The Balaban J connectivity index is 3.35. The molecule has 0 aromatic rings. The number of alkyl halides is 2. The van der Waals surface area contributed by atoms with Crippen LogP contribution in [0.2, 0.25) is 0 Å². The lowest BCUT2D eigenvalue weighted by atomic mass is 10.2. The largest absolute Gasteiger partial charge is 0.344 e. The molecule has 0 fully saturated rings. The first-order valence-corrected chi connectivity index (χ1v) is 7.01. The molecule has 15 heavy (non-hydrogen) atoms. The Hall–Kier alpha value is 0.540. The van der Waals surface area contributed by atoms with Crippen molar-refractivity contribution >= 4 is 23.2 Å². The van der Waals surface area contributed by atoms with Crippen molar-refractivity contribution in [2.75, 3.05) is 0 Å². The van der Waals surface area contributed by atoms with Crippen LogP contribution >= 0.6 is 23.2 Å². The molecule has 0 aliphatic carbocycles. The second-order valence-corrected chi connectivity index (χ2v) is 4.92. The van der Waals surface area contributed by atoms with Gasteiger partial charge < -0.3 is 4.74 Å². The first kappa shape index (κ1) is 15.5. The van der Waals surface area contributed by atoms with Crippen molar-refractivity contribution in [3.05, 3.63) is 0 Å². The Kier molecular flexibility index (Phi) is 11.4. The van der Waals surface area contributed by atoms with Crippen LogP contribution in [0.1, 0.15) is 65.2 Å². The maximum atomic E-state index is 6.02. The maximum absolute atomic E-state index is 6.02. The average Bonchev–Trinajstić information content (AvgIpc) is 2.18. The molecule has 0 radical (unpaired) electrons. The van der Waals surface area contributed by atoms with Gasteiger partial charge in [0.2, 0.25) is 0 Å². The molecular formula is C12H24Cl2O. The Morgan fingerprint density at radius 2 is 1.20 bits per heavy atom. The third kappa shape index (κ3) is 10.8. The Labute approximate surface area is 104 Å². The standard InChI is InChI=1S/C12H24Cl2O/c1-3-5-7-9-11(13)15-12(14)10-8-6-4-2/h11-12H,3-10H2,1-2H3. The van der Waals surface area contributed by atoms with Crippen molar-refractivity contribution in [1.82, 2.24) is 0 Å². The van der Waals surface area contributed by atoms with Gasteiger partial charge >= 0.3 is 0 Å². The summed E-state index contributed by atoms with van der Waals surface area (Å²) in [6, 6.07) is 0. The fourth-order valence-corrected chi connectivity index (χ4v) is 2.02. The van der Waals surface area contributed by atoms with Crippen LogP contribution in [-0.2, 0) is 4.74 Å². The minimum Gasteiger partial charge on any atom is -0.344 e. The quantitative estimate of drug-likeness (QED) is 0.380. The monoisotopic (exact) mass is 254 g/mol. The zero-order chi connectivity index (χ0) is 11.5. The summed E-state index contributed by atoms with van der Waals surface area (Å²) in [5.74, 6) is 0. The lowest BCUT2D eigenvalue weighted by Crippen LogP contribution is -2.13. The van der Waals surface area contributed by atoms with Crippen molar-refractivity contribution < 1.29 is 4.74 Å². The van der Waals surface area contributed by atoms with E-state index in [1.807, 2.05) is 0 Å². The van der Waals surface area contributed by atoms with E-state index in [9.17, 15) is 0 Å². The first-order valence-electron chi connectivity index (χ1n) is 6.14. The Morgan fingerprint density at radius 3 is 1.53 bits per heavy atom. The zero-order valence-corrected chi connectivity index (χ0v) is 11.5. The Morgan fingerprint density at radius 1 is 0.800 bits per heavy atom. The van der Waals surface area contributed by atoms with Crippen LogP contribution in [0, 0.1) is 0 Å². The molecule has 0 aliphatic heterocycles. The highest BCUT2D eigenvalue weighted by Crippen LogP contribution is 2.18. The molecule has 0 aromatic heterocycles. The molecule has 0 N–H and O–H groups in total. The maximum Gasteiger partial charge on any atom is 0.133 e. The summed E-state index contributed by atoms with van der Waals surface area (Å²) in [5.41, 5.74) is -0.415. The van der Waals surface area contributed by atoms with E-state index in [2.05, 4.69) is 13.8 Å². The summed E-state index contributed by atoms with van der Waals surface area (Å²) < 4.78 is 5.47. The molecule has 0 aromatic carbocycles. The van der Waals surface area contributed by atoms with E-state index >= 15 is 0 Å². The number of hydrogen-bond acceptors (Lipinski definition) is 1. The van der Waals surface area contributed by atoms with Crippen molar-refractivity contribution in [3.63, 3.8) is 0 Å². The van der Waals surface area contributed by atoms with E-state index in [-0.39, 0.29) is 11.1 Å². The molecule has 0 bridgehead atoms. The molecule has 0 saturated heterocycles. The van der Waals surface area contributed by atoms with E-state index in [0.717, 1.165) is 25.7 Å². The van der Waals surface area contributed by atoms with Crippen molar-refractivity contribution in [2.24, 2.45) is 0 Å². The van der Waals surface area contributed by atoms with Gasteiger partial charge in [-0.05, 0) is 25.7 Å². The fourth-order valence-electron chi connectivity index (χ4n) is 1.41. The highest BCUT2D eigenvalue weighted by Gasteiger charge is 2.11. The highest BCUT2D eigenvalue weighted by atomic mass is 35.5. The molecule has 0 saturated carbocycles. The number of rotatable bonds is 10. The molecule has 0 rings (SSSR count). The topological polar surface area (TPSA) is 9.23 Å². The second kappa shape index (κ2) is 11.0. The van der Waals surface area contributed by atoms with Gasteiger partial charge in [0.1, 0.15) is 11.1 Å². The normalized spacial score (nSPS) is 15.2. The molecule has 0 amide bonds. The van der Waals surface area contributed by atoms with Gasteiger partial charge in [0.15, 0.2) is 0 Å². The van der Waals surface area contributed by atoms with E-state index in [0.29, 0.717) is 0 Å². The van der Waals surface area contributed by atoms with Gasteiger partial charge in [0.05, 0.1) is 0 Å². The second-order valence-electron chi connectivity index (χ2n) is 3.95. The van der Waals surface area contributed by atoms with Crippen molar-refractivity contribution in [3.8, 4) is 0 Å². The summed E-state index contributed by atoms with van der Waals surface area (Å²) in [4.78, 5) is 0. The number of halogens is 2. The number of ether oxygens (including phenoxy) is 1.